The maximum Gasteiger partial charge on any atom is 0.411 e. The molecule has 8 heteroatoms. The number of piperazine rings is 1. The minimum atomic E-state index is -4.41. The Bertz CT molecular complexity index is 467. The molecular weight excluding hydrogens is 287 g/mol. The van der Waals surface area contributed by atoms with Gasteiger partial charge in [0.05, 0.1) is 6.04 Å². The summed E-state index contributed by atoms with van der Waals surface area (Å²) in [7, 11) is 0. The van der Waals surface area contributed by atoms with Crippen molar-refractivity contribution < 1.29 is 22.7 Å². The fraction of sp³-hybridized carbons (Fsp3) is 0.538. The van der Waals surface area contributed by atoms with Gasteiger partial charge in [0.15, 0.2) is 0 Å². The largest absolute Gasteiger partial charge is 0.411 e. The summed E-state index contributed by atoms with van der Waals surface area (Å²) in [6.07, 6.45) is -1.10. The zero-order chi connectivity index (χ0) is 15.3. The third-order valence-electron chi connectivity index (χ3n) is 3.13. The van der Waals surface area contributed by atoms with E-state index in [1.165, 1.54) is 4.90 Å². The number of alkyl halides is 3. The monoisotopic (exact) mass is 303 g/mol. The van der Waals surface area contributed by atoms with E-state index < -0.39 is 25.3 Å². The molecule has 2 heterocycles. The van der Waals surface area contributed by atoms with Crippen LogP contribution in [0.3, 0.4) is 0 Å². The van der Waals surface area contributed by atoms with Crippen molar-refractivity contribution >= 4 is 5.91 Å². The van der Waals surface area contributed by atoms with Crippen LogP contribution in [0.2, 0.25) is 0 Å². The Morgan fingerprint density at radius 3 is 2.81 bits per heavy atom. The zero-order valence-electron chi connectivity index (χ0n) is 11.3. The smallest absolute Gasteiger partial charge is 0.362 e. The van der Waals surface area contributed by atoms with Gasteiger partial charge in [-0.15, -0.1) is 0 Å². The first kappa shape index (κ1) is 15.7. The summed E-state index contributed by atoms with van der Waals surface area (Å²) in [6.45, 7) is -0.521. The first-order chi connectivity index (χ1) is 9.96. The van der Waals surface area contributed by atoms with Gasteiger partial charge in [-0.05, 0) is 17.7 Å². The first-order valence-electron chi connectivity index (χ1n) is 6.51. The van der Waals surface area contributed by atoms with Crippen molar-refractivity contribution in [3.8, 4) is 0 Å². The Morgan fingerprint density at radius 2 is 2.14 bits per heavy atom. The summed E-state index contributed by atoms with van der Waals surface area (Å²) >= 11 is 0. The molecule has 1 fully saturated rings. The number of carbonyl (C=O) groups excluding carboxylic acids is 1. The fourth-order valence-corrected chi connectivity index (χ4v) is 2.14. The van der Waals surface area contributed by atoms with Crippen LogP contribution in [-0.4, -0.2) is 54.8 Å². The Kier molecular flexibility index (Phi) is 5.13. The first-order valence-corrected chi connectivity index (χ1v) is 6.51. The van der Waals surface area contributed by atoms with Gasteiger partial charge in [0.1, 0.15) is 13.2 Å². The lowest BCUT2D eigenvalue weighted by atomic mass is 10.1. The van der Waals surface area contributed by atoms with Gasteiger partial charge in [0, 0.05) is 32.0 Å². The number of ether oxygens (including phenoxy) is 1. The number of hydrogen-bond donors (Lipinski definition) is 1. The standard InChI is InChI=1S/C13H16F3N3O2/c14-13(15,16)9-21-8-12(20)19-6-5-18-11(7-19)10-1-3-17-4-2-10/h1-4,11,18H,5-9H2. The second kappa shape index (κ2) is 6.86. The van der Waals surface area contributed by atoms with Gasteiger partial charge in [0.25, 0.3) is 0 Å². The lowest BCUT2D eigenvalue weighted by Crippen LogP contribution is -2.49. The van der Waals surface area contributed by atoms with E-state index >= 15 is 0 Å². The number of nitrogens with one attached hydrogen (secondary N) is 1. The molecule has 0 aliphatic carbocycles. The highest BCUT2D eigenvalue weighted by molar-refractivity contribution is 5.77. The predicted octanol–water partition coefficient (Wildman–Crippen LogP) is 1.13. The van der Waals surface area contributed by atoms with E-state index in [2.05, 4.69) is 15.0 Å². The molecular formula is C13H16F3N3O2. The van der Waals surface area contributed by atoms with E-state index in [0.29, 0.717) is 19.6 Å². The van der Waals surface area contributed by atoms with Crippen molar-refractivity contribution in [2.75, 3.05) is 32.8 Å². The Hall–Kier alpha value is -1.67. The van der Waals surface area contributed by atoms with Crippen molar-refractivity contribution in [1.29, 1.82) is 0 Å². The topological polar surface area (TPSA) is 54.5 Å². The quantitative estimate of drug-likeness (QED) is 0.906. The van der Waals surface area contributed by atoms with E-state index in [0.717, 1.165) is 5.56 Å². The predicted molar refractivity (Wildman–Crippen MR) is 68.4 cm³/mol. The van der Waals surface area contributed by atoms with E-state index in [-0.39, 0.29) is 6.04 Å². The molecule has 1 N–H and O–H groups in total. The molecule has 0 spiro atoms. The molecule has 1 saturated heterocycles. The molecule has 1 atom stereocenters. The zero-order valence-corrected chi connectivity index (χ0v) is 11.3. The highest BCUT2D eigenvalue weighted by Crippen LogP contribution is 2.17. The van der Waals surface area contributed by atoms with Crippen LogP contribution in [0.15, 0.2) is 24.5 Å². The third kappa shape index (κ3) is 4.98. The van der Waals surface area contributed by atoms with Gasteiger partial charge in [0.2, 0.25) is 5.91 Å². The summed E-state index contributed by atoms with van der Waals surface area (Å²) in [5.41, 5.74) is 0.985. The van der Waals surface area contributed by atoms with Gasteiger partial charge in [-0.2, -0.15) is 13.2 Å². The van der Waals surface area contributed by atoms with E-state index in [9.17, 15) is 18.0 Å². The highest BCUT2D eigenvalue weighted by Gasteiger charge is 2.29. The van der Waals surface area contributed by atoms with Gasteiger partial charge < -0.3 is 15.0 Å². The minimum Gasteiger partial charge on any atom is -0.362 e. The third-order valence-corrected chi connectivity index (χ3v) is 3.13. The van der Waals surface area contributed by atoms with Crippen molar-refractivity contribution in [3.63, 3.8) is 0 Å². The van der Waals surface area contributed by atoms with Gasteiger partial charge >= 0.3 is 6.18 Å². The van der Waals surface area contributed by atoms with Crippen LogP contribution in [-0.2, 0) is 9.53 Å². The molecule has 1 amide bonds. The maximum absolute atomic E-state index is 12.0. The summed E-state index contributed by atoms with van der Waals surface area (Å²) < 4.78 is 40.3. The molecule has 1 unspecified atom stereocenters. The molecule has 1 aliphatic rings. The Morgan fingerprint density at radius 1 is 1.43 bits per heavy atom. The second-order valence-electron chi connectivity index (χ2n) is 4.73. The number of carbonyl (C=O) groups is 1. The van der Waals surface area contributed by atoms with Crippen LogP contribution >= 0.6 is 0 Å². The highest BCUT2D eigenvalue weighted by atomic mass is 19.4. The number of hydrogen-bond acceptors (Lipinski definition) is 4. The molecule has 0 radical (unpaired) electrons. The molecule has 0 bridgehead atoms. The number of halogens is 3. The van der Waals surface area contributed by atoms with Crippen LogP contribution in [0.4, 0.5) is 13.2 Å². The average molecular weight is 303 g/mol. The van der Waals surface area contributed by atoms with E-state index in [1.807, 2.05) is 12.1 Å². The van der Waals surface area contributed by atoms with Crippen molar-refractivity contribution in [1.82, 2.24) is 15.2 Å². The normalized spacial score (nSPS) is 19.6. The van der Waals surface area contributed by atoms with Crippen LogP contribution in [0.25, 0.3) is 0 Å². The molecule has 1 aliphatic heterocycles. The maximum atomic E-state index is 12.0. The van der Waals surface area contributed by atoms with E-state index in [4.69, 9.17) is 0 Å². The Balaban J connectivity index is 1.85. The SMILES string of the molecule is O=C(COCC(F)(F)F)N1CCNC(c2ccncc2)C1. The molecule has 21 heavy (non-hydrogen) atoms. The number of pyridine rings is 1. The number of nitrogens with zero attached hydrogens (tertiary/aromatic N) is 2. The second-order valence-corrected chi connectivity index (χ2v) is 4.73. The fourth-order valence-electron chi connectivity index (χ4n) is 2.14. The molecule has 1 aromatic rings. The van der Waals surface area contributed by atoms with Crippen LogP contribution in [0.5, 0.6) is 0 Å². The van der Waals surface area contributed by atoms with Crippen LogP contribution in [0, 0.1) is 0 Å². The summed E-state index contributed by atoms with van der Waals surface area (Å²) in [6, 6.07) is 3.63. The average Bonchev–Trinajstić information content (AvgIpc) is 2.47. The number of aromatic nitrogens is 1. The molecule has 1 aromatic heterocycles. The number of amides is 1. The van der Waals surface area contributed by atoms with E-state index in [1.54, 1.807) is 12.4 Å². The summed E-state index contributed by atoms with van der Waals surface area (Å²) in [4.78, 5) is 17.3. The molecule has 116 valence electrons. The van der Waals surface area contributed by atoms with Crippen molar-refractivity contribution in [3.05, 3.63) is 30.1 Å². The molecule has 2 rings (SSSR count). The van der Waals surface area contributed by atoms with Gasteiger partial charge in [-0.1, -0.05) is 0 Å². The minimum absolute atomic E-state index is 0.0479. The summed E-state index contributed by atoms with van der Waals surface area (Å²) in [5.74, 6) is -0.431. The van der Waals surface area contributed by atoms with Crippen molar-refractivity contribution in [2.24, 2.45) is 0 Å². The van der Waals surface area contributed by atoms with Crippen LogP contribution < -0.4 is 5.32 Å². The van der Waals surface area contributed by atoms with Gasteiger partial charge in [-0.3, -0.25) is 9.78 Å². The van der Waals surface area contributed by atoms with Gasteiger partial charge in [-0.25, -0.2) is 0 Å². The Labute approximate surface area is 120 Å². The van der Waals surface area contributed by atoms with Crippen LogP contribution in [0.1, 0.15) is 11.6 Å². The van der Waals surface area contributed by atoms with Crippen molar-refractivity contribution in [2.45, 2.75) is 12.2 Å². The lowest BCUT2D eigenvalue weighted by molar-refractivity contribution is -0.178. The molecule has 0 aromatic carbocycles. The molecule has 5 nitrogen and oxygen atoms in total. The lowest BCUT2D eigenvalue weighted by Gasteiger charge is -2.34. The number of rotatable bonds is 4. The summed E-state index contributed by atoms with van der Waals surface area (Å²) in [5, 5.41) is 3.26. The molecule has 0 saturated carbocycles.